The van der Waals surface area contributed by atoms with E-state index in [-0.39, 0.29) is 17.4 Å². The number of oxazole rings is 1. The van der Waals surface area contributed by atoms with Crippen LogP contribution in [0.3, 0.4) is 0 Å². The van der Waals surface area contributed by atoms with Gasteiger partial charge in [0.2, 0.25) is 5.89 Å². The van der Waals surface area contributed by atoms with Crippen LogP contribution in [0, 0.1) is 0 Å². The number of nitrogens with one attached hydrogen (secondary N) is 3. The smallest absolute Gasteiger partial charge is 0.251 e. The number of aromatic nitrogens is 1. The summed E-state index contributed by atoms with van der Waals surface area (Å²) in [7, 11) is 0. The highest BCUT2D eigenvalue weighted by Crippen LogP contribution is 2.22. The van der Waals surface area contributed by atoms with E-state index in [1.807, 2.05) is 45.0 Å². The molecule has 2 aromatic rings. The van der Waals surface area contributed by atoms with Gasteiger partial charge in [0.15, 0.2) is 5.96 Å². The zero-order valence-electron chi connectivity index (χ0n) is 19.0. The summed E-state index contributed by atoms with van der Waals surface area (Å²) >= 11 is 0. The third-order valence-corrected chi connectivity index (χ3v) is 4.64. The van der Waals surface area contributed by atoms with E-state index in [0.717, 1.165) is 24.3 Å². The number of nitrogens with zero attached hydrogens (tertiary/aromatic N) is 2. The van der Waals surface area contributed by atoms with Crippen molar-refractivity contribution >= 4 is 11.9 Å². The normalized spacial score (nSPS) is 13.1. The average molecular weight is 414 g/mol. The first-order chi connectivity index (χ1) is 14.2. The highest BCUT2D eigenvalue weighted by molar-refractivity contribution is 5.94. The van der Waals surface area contributed by atoms with Gasteiger partial charge in [0.25, 0.3) is 5.91 Å². The number of guanidine groups is 1. The van der Waals surface area contributed by atoms with E-state index in [1.165, 1.54) is 0 Å². The maximum absolute atomic E-state index is 12.3. The fourth-order valence-corrected chi connectivity index (χ4v) is 2.63. The molecule has 1 unspecified atom stereocenters. The Bertz CT molecular complexity index is 851. The lowest BCUT2D eigenvalue weighted by atomic mass is 9.94. The van der Waals surface area contributed by atoms with Gasteiger partial charge in [-0.2, -0.15) is 0 Å². The fraction of sp³-hybridized carbons (Fsp3) is 0.522. The Morgan fingerprint density at radius 2 is 2.00 bits per heavy atom. The second-order valence-corrected chi connectivity index (χ2v) is 8.40. The zero-order chi connectivity index (χ0) is 22.1. The predicted octanol–water partition coefficient (Wildman–Crippen LogP) is 3.76. The number of hydrogen-bond acceptors (Lipinski definition) is 4. The van der Waals surface area contributed by atoms with Crippen LogP contribution in [0.1, 0.15) is 75.5 Å². The first kappa shape index (κ1) is 23.4. The molecule has 164 valence electrons. The van der Waals surface area contributed by atoms with E-state index < -0.39 is 0 Å². The topological polar surface area (TPSA) is 91.5 Å². The van der Waals surface area contributed by atoms with Gasteiger partial charge in [-0.05, 0) is 38.0 Å². The molecule has 1 amide bonds. The predicted molar refractivity (Wildman–Crippen MR) is 121 cm³/mol. The largest absolute Gasteiger partial charge is 0.443 e. The summed E-state index contributed by atoms with van der Waals surface area (Å²) in [5.41, 5.74) is 1.54. The van der Waals surface area contributed by atoms with E-state index in [2.05, 4.69) is 46.7 Å². The van der Waals surface area contributed by atoms with Crippen molar-refractivity contribution in [2.75, 3.05) is 6.54 Å². The second-order valence-electron chi connectivity index (χ2n) is 8.40. The third-order valence-electron chi connectivity index (χ3n) is 4.64. The van der Waals surface area contributed by atoms with Crippen LogP contribution >= 0.6 is 0 Å². The lowest BCUT2D eigenvalue weighted by Crippen LogP contribution is -2.36. The summed E-state index contributed by atoms with van der Waals surface area (Å²) in [5, 5.41) is 9.46. The number of aliphatic imine (C=N–C) groups is 1. The Labute approximate surface area is 179 Å². The first-order valence-corrected chi connectivity index (χ1v) is 10.6. The molecule has 0 bridgehead atoms. The lowest BCUT2D eigenvalue weighted by molar-refractivity contribution is 0.0939. The number of benzene rings is 1. The maximum Gasteiger partial charge on any atom is 0.251 e. The fourth-order valence-electron chi connectivity index (χ4n) is 2.63. The van der Waals surface area contributed by atoms with Crippen molar-refractivity contribution in [1.29, 1.82) is 0 Å². The molecule has 0 aliphatic rings. The molecule has 7 nitrogen and oxygen atoms in total. The SMILES string of the molecule is CCNC(=NCc1cccc(C(=O)NC(C)CC)c1)NCc1ncc(C(C)(C)C)o1. The molecule has 1 heterocycles. The summed E-state index contributed by atoms with van der Waals surface area (Å²) in [6, 6.07) is 7.71. The van der Waals surface area contributed by atoms with Crippen LogP contribution in [0.15, 0.2) is 39.9 Å². The van der Waals surface area contributed by atoms with Crippen molar-refractivity contribution in [3.8, 4) is 0 Å². The van der Waals surface area contributed by atoms with Gasteiger partial charge < -0.3 is 20.4 Å². The van der Waals surface area contributed by atoms with Crippen LogP contribution in [0.25, 0.3) is 0 Å². The quantitative estimate of drug-likeness (QED) is 0.453. The molecule has 0 saturated heterocycles. The van der Waals surface area contributed by atoms with Crippen LogP contribution in [0.2, 0.25) is 0 Å². The third kappa shape index (κ3) is 7.21. The summed E-state index contributed by atoms with van der Waals surface area (Å²) in [4.78, 5) is 21.3. The van der Waals surface area contributed by atoms with E-state index in [4.69, 9.17) is 4.42 Å². The molecule has 1 aromatic carbocycles. The molecule has 0 aliphatic heterocycles. The van der Waals surface area contributed by atoms with Crippen LogP contribution in [-0.4, -0.2) is 29.4 Å². The van der Waals surface area contributed by atoms with E-state index >= 15 is 0 Å². The van der Waals surface area contributed by atoms with Crippen molar-refractivity contribution in [3.63, 3.8) is 0 Å². The summed E-state index contributed by atoms with van der Waals surface area (Å²) < 4.78 is 5.82. The van der Waals surface area contributed by atoms with Crippen LogP contribution < -0.4 is 16.0 Å². The number of carbonyl (C=O) groups excluding carboxylic acids is 1. The van der Waals surface area contributed by atoms with Gasteiger partial charge in [-0.1, -0.05) is 39.8 Å². The molecule has 0 fully saturated rings. The zero-order valence-corrected chi connectivity index (χ0v) is 19.0. The number of carbonyl (C=O) groups is 1. The molecule has 0 spiro atoms. The molecular weight excluding hydrogens is 378 g/mol. The highest BCUT2D eigenvalue weighted by atomic mass is 16.4. The Morgan fingerprint density at radius 1 is 1.23 bits per heavy atom. The second kappa shape index (κ2) is 10.8. The average Bonchev–Trinajstić information content (AvgIpc) is 3.20. The minimum Gasteiger partial charge on any atom is -0.443 e. The van der Waals surface area contributed by atoms with Crippen LogP contribution in [-0.2, 0) is 18.5 Å². The standard InChI is InChI=1S/C23H35N5O2/c1-7-16(3)28-21(29)18-11-9-10-17(12-18)13-26-22(24-8-2)27-15-20-25-14-19(30-20)23(4,5)6/h9-12,14,16H,7-8,13,15H2,1-6H3,(H,28,29)(H2,24,26,27). The van der Waals surface area contributed by atoms with Gasteiger partial charge in [-0.25, -0.2) is 9.98 Å². The van der Waals surface area contributed by atoms with Gasteiger partial charge in [-0.15, -0.1) is 0 Å². The van der Waals surface area contributed by atoms with Crippen molar-refractivity contribution in [2.45, 2.75) is 72.5 Å². The Hall–Kier alpha value is -2.83. The molecule has 0 saturated carbocycles. The molecule has 1 aromatic heterocycles. The van der Waals surface area contributed by atoms with Crippen molar-refractivity contribution in [1.82, 2.24) is 20.9 Å². The summed E-state index contributed by atoms with van der Waals surface area (Å²) in [6.07, 6.45) is 2.67. The van der Waals surface area contributed by atoms with Gasteiger partial charge >= 0.3 is 0 Å². The summed E-state index contributed by atoms with van der Waals surface area (Å²) in [6.45, 7) is 14.0. The molecular formula is C23H35N5O2. The molecule has 3 N–H and O–H groups in total. The Morgan fingerprint density at radius 3 is 2.63 bits per heavy atom. The van der Waals surface area contributed by atoms with Gasteiger partial charge in [-0.3, -0.25) is 4.79 Å². The van der Waals surface area contributed by atoms with Crippen LogP contribution in [0.4, 0.5) is 0 Å². The van der Waals surface area contributed by atoms with Gasteiger partial charge in [0.05, 0.1) is 19.3 Å². The minimum atomic E-state index is -0.0733. The Balaban J connectivity index is 2.01. The molecule has 7 heteroatoms. The first-order valence-electron chi connectivity index (χ1n) is 10.6. The summed E-state index contributed by atoms with van der Waals surface area (Å²) in [5.74, 6) is 2.09. The van der Waals surface area contributed by atoms with Crippen LogP contribution in [0.5, 0.6) is 0 Å². The van der Waals surface area contributed by atoms with Crippen molar-refractivity contribution < 1.29 is 9.21 Å². The molecule has 1 atom stereocenters. The minimum absolute atomic E-state index is 0.0567. The lowest BCUT2D eigenvalue weighted by Gasteiger charge is -2.13. The molecule has 0 radical (unpaired) electrons. The molecule has 2 rings (SSSR count). The molecule has 30 heavy (non-hydrogen) atoms. The number of hydrogen-bond donors (Lipinski definition) is 3. The Kier molecular flexibility index (Phi) is 8.45. The van der Waals surface area contributed by atoms with E-state index in [1.54, 1.807) is 6.20 Å². The number of rotatable bonds is 8. The molecule has 0 aliphatic carbocycles. The van der Waals surface area contributed by atoms with Gasteiger partial charge in [0.1, 0.15) is 5.76 Å². The number of amides is 1. The van der Waals surface area contributed by atoms with E-state index in [9.17, 15) is 4.79 Å². The van der Waals surface area contributed by atoms with Crippen molar-refractivity contribution in [2.24, 2.45) is 4.99 Å². The van der Waals surface area contributed by atoms with Crippen molar-refractivity contribution in [3.05, 3.63) is 53.2 Å². The highest BCUT2D eigenvalue weighted by Gasteiger charge is 2.19. The van der Waals surface area contributed by atoms with E-state index in [0.29, 0.717) is 30.5 Å². The van der Waals surface area contributed by atoms with Gasteiger partial charge in [0, 0.05) is 23.6 Å². The monoisotopic (exact) mass is 413 g/mol. The maximum atomic E-state index is 12.3.